The van der Waals surface area contributed by atoms with Crippen LogP contribution in [0.2, 0.25) is 0 Å². The lowest BCUT2D eigenvalue weighted by Crippen LogP contribution is -2.40. The van der Waals surface area contributed by atoms with E-state index in [1.165, 1.54) is 9.71 Å². The summed E-state index contributed by atoms with van der Waals surface area (Å²) in [6, 6.07) is 8.26. The van der Waals surface area contributed by atoms with Gasteiger partial charge in [0, 0.05) is 24.4 Å². The van der Waals surface area contributed by atoms with Crippen molar-refractivity contribution in [2.75, 3.05) is 13.1 Å². The number of amides is 1. The van der Waals surface area contributed by atoms with E-state index in [1.807, 2.05) is 23.3 Å². The van der Waals surface area contributed by atoms with Crippen molar-refractivity contribution in [1.29, 1.82) is 0 Å². The minimum Gasteiger partial charge on any atom is -0.342 e. The number of aryl methyl sites for hydroxylation is 1. The van der Waals surface area contributed by atoms with Crippen molar-refractivity contribution < 1.29 is 4.79 Å². The van der Waals surface area contributed by atoms with Crippen molar-refractivity contribution in [3.05, 3.63) is 45.4 Å². The van der Waals surface area contributed by atoms with E-state index in [1.54, 1.807) is 22.7 Å². The third-order valence-electron chi connectivity index (χ3n) is 4.43. The van der Waals surface area contributed by atoms with Crippen molar-refractivity contribution in [3.63, 3.8) is 0 Å². The Hall–Kier alpha value is -1.79. The quantitative estimate of drug-likeness (QED) is 0.711. The van der Waals surface area contributed by atoms with Crippen LogP contribution in [-0.4, -0.2) is 33.9 Å². The summed E-state index contributed by atoms with van der Waals surface area (Å²) in [5.74, 6) is 0.545. The number of fused-ring (bicyclic) bond motifs is 1. The van der Waals surface area contributed by atoms with Crippen LogP contribution >= 0.6 is 22.7 Å². The number of thiazole rings is 2. The number of rotatable bonds is 3. The number of piperidine rings is 1. The monoisotopic (exact) mass is 357 g/mol. The van der Waals surface area contributed by atoms with Crippen LogP contribution in [0.3, 0.4) is 0 Å². The van der Waals surface area contributed by atoms with E-state index in [4.69, 9.17) is 4.98 Å². The standard InChI is InChI=1S/C18H19N3OS2/c1-12-19-14(11-23-12)9-17(22)21-8-4-5-13(10-21)18-20-15-6-2-3-7-16(15)24-18/h2-3,6-7,11,13H,4-5,8-10H2,1H3/t13-/m1/s1. The molecule has 0 bridgehead atoms. The molecule has 0 saturated carbocycles. The molecular formula is C18H19N3OS2. The molecule has 4 rings (SSSR count). The van der Waals surface area contributed by atoms with Crippen molar-refractivity contribution in [2.45, 2.75) is 32.1 Å². The summed E-state index contributed by atoms with van der Waals surface area (Å²) in [4.78, 5) is 23.8. The van der Waals surface area contributed by atoms with Gasteiger partial charge in [-0.1, -0.05) is 12.1 Å². The molecule has 2 aromatic heterocycles. The Labute approximate surface area is 149 Å². The van der Waals surface area contributed by atoms with Crippen LogP contribution < -0.4 is 0 Å². The molecule has 1 aliphatic heterocycles. The van der Waals surface area contributed by atoms with Crippen LogP contribution in [0.15, 0.2) is 29.6 Å². The Bertz CT molecular complexity index is 837. The van der Waals surface area contributed by atoms with Crippen molar-refractivity contribution in [3.8, 4) is 0 Å². The maximum Gasteiger partial charge on any atom is 0.228 e. The van der Waals surface area contributed by atoms with Crippen LogP contribution in [0.25, 0.3) is 10.2 Å². The Balaban J connectivity index is 1.47. The molecule has 124 valence electrons. The molecule has 0 unspecified atom stereocenters. The lowest BCUT2D eigenvalue weighted by atomic mass is 9.98. The normalized spacial score (nSPS) is 18.2. The highest BCUT2D eigenvalue weighted by atomic mass is 32.1. The minimum atomic E-state index is 0.186. The number of likely N-dealkylation sites (tertiary alicyclic amines) is 1. The molecule has 1 aromatic carbocycles. The zero-order chi connectivity index (χ0) is 16.5. The number of hydrogen-bond donors (Lipinski definition) is 0. The topological polar surface area (TPSA) is 46.1 Å². The van der Waals surface area contributed by atoms with Crippen LogP contribution in [-0.2, 0) is 11.2 Å². The summed E-state index contributed by atoms with van der Waals surface area (Å²) in [5, 5.41) is 4.17. The Kier molecular flexibility index (Phi) is 4.33. The van der Waals surface area contributed by atoms with E-state index in [0.717, 1.165) is 42.1 Å². The molecule has 1 fully saturated rings. The molecule has 0 spiro atoms. The fourth-order valence-corrected chi connectivity index (χ4v) is 4.93. The van der Waals surface area contributed by atoms with Gasteiger partial charge in [-0.3, -0.25) is 4.79 Å². The largest absolute Gasteiger partial charge is 0.342 e. The molecule has 1 saturated heterocycles. The van der Waals surface area contributed by atoms with Crippen LogP contribution in [0.4, 0.5) is 0 Å². The Morgan fingerprint density at radius 1 is 1.33 bits per heavy atom. The van der Waals surface area contributed by atoms with Crippen molar-refractivity contribution in [1.82, 2.24) is 14.9 Å². The molecule has 1 amide bonds. The average molecular weight is 358 g/mol. The van der Waals surface area contributed by atoms with Gasteiger partial charge < -0.3 is 4.90 Å². The minimum absolute atomic E-state index is 0.186. The summed E-state index contributed by atoms with van der Waals surface area (Å²) in [5.41, 5.74) is 1.96. The van der Waals surface area contributed by atoms with Crippen molar-refractivity contribution in [2.24, 2.45) is 0 Å². The fraction of sp³-hybridized carbons (Fsp3) is 0.389. The maximum atomic E-state index is 12.6. The first-order valence-electron chi connectivity index (χ1n) is 8.23. The van der Waals surface area contributed by atoms with Crippen LogP contribution in [0.5, 0.6) is 0 Å². The highest BCUT2D eigenvalue weighted by molar-refractivity contribution is 7.18. The van der Waals surface area contributed by atoms with E-state index in [2.05, 4.69) is 23.2 Å². The molecule has 3 aromatic rings. The number of carbonyl (C=O) groups is 1. The molecule has 4 nitrogen and oxygen atoms in total. The molecule has 1 aliphatic rings. The number of para-hydroxylation sites is 1. The molecule has 0 N–H and O–H groups in total. The van der Waals surface area contributed by atoms with Gasteiger partial charge in [-0.25, -0.2) is 9.97 Å². The Morgan fingerprint density at radius 2 is 2.21 bits per heavy atom. The summed E-state index contributed by atoms with van der Waals surface area (Å²) >= 11 is 3.37. The zero-order valence-electron chi connectivity index (χ0n) is 13.6. The van der Waals surface area contributed by atoms with Gasteiger partial charge in [0.25, 0.3) is 0 Å². The van der Waals surface area contributed by atoms with E-state index in [9.17, 15) is 4.79 Å². The maximum absolute atomic E-state index is 12.6. The summed E-state index contributed by atoms with van der Waals surface area (Å²) in [6.07, 6.45) is 2.57. The molecule has 0 aliphatic carbocycles. The smallest absolute Gasteiger partial charge is 0.228 e. The first kappa shape index (κ1) is 15.7. The number of aromatic nitrogens is 2. The first-order chi connectivity index (χ1) is 11.7. The lowest BCUT2D eigenvalue weighted by molar-refractivity contribution is -0.131. The van der Waals surface area contributed by atoms with Gasteiger partial charge >= 0.3 is 0 Å². The predicted molar refractivity (Wildman–Crippen MR) is 98.7 cm³/mol. The predicted octanol–water partition coefficient (Wildman–Crippen LogP) is 4.01. The summed E-state index contributed by atoms with van der Waals surface area (Å²) in [6.45, 7) is 3.60. The number of nitrogens with zero attached hydrogens (tertiary/aromatic N) is 3. The molecule has 1 atom stereocenters. The second-order valence-corrected chi connectivity index (χ2v) is 8.36. The highest BCUT2D eigenvalue weighted by Gasteiger charge is 2.27. The molecular weight excluding hydrogens is 338 g/mol. The molecule has 0 radical (unpaired) electrons. The first-order valence-corrected chi connectivity index (χ1v) is 9.93. The van der Waals surface area contributed by atoms with Gasteiger partial charge in [-0.2, -0.15) is 0 Å². The second kappa shape index (κ2) is 6.61. The van der Waals surface area contributed by atoms with E-state index in [0.29, 0.717) is 12.3 Å². The van der Waals surface area contributed by atoms with Crippen molar-refractivity contribution >= 4 is 38.8 Å². The van der Waals surface area contributed by atoms with E-state index < -0.39 is 0 Å². The third-order valence-corrected chi connectivity index (χ3v) is 6.45. The fourth-order valence-electron chi connectivity index (χ4n) is 3.23. The summed E-state index contributed by atoms with van der Waals surface area (Å²) < 4.78 is 1.23. The van der Waals surface area contributed by atoms with Gasteiger partial charge in [-0.15, -0.1) is 22.7 Å². The molecule has 24 heavy (non-hydrogen) atoms. The Morgan fingerprint density at radius 3 is 3.00 bits per heavy atom. The molecule has 3 heterocycles. The van der Waals surface area contributed by atoms with E-state index >= 15 is 0 Å². The zero-order valence-corrected chi connectivity index (χ0v) is 15.2. The second-order valence-electron chi connectivity index (χ2n) is 6.23. The SMILES string of the molecule is Cc1nc(CC(=O)N2CCC[C@@H](c3nc4ccccc4s3)C2)cs1. The van der Waals surface area contributed by atoms with Gasteiger partial charge in [0.15, 0.2) is 0 Å². The number of benzene rings is 1. The van der Waals surface area contributed by atoms with E-state index in [-0.39, 0.29) is 5.91 Å². The summed E-state index contributed by atoms with van der Waals surface area (Å²) in [7, 11) is 0. The third kappa shape index (κ3) is 3.21. The highest BCUT2D eigenvalue weighted by Crippen LogP contribution is 2.33. The van der Waals surface area contributed by atoms with Gasteiger partial charge in [0.05, 0.1) is 32.3 Å². The molecule has 6 heteroatoms. The van der Waals surface area contributed by atoms with Gasteiger partial charge in [0.2, 0.25) is 5.91 Å². The van der Waals surface area contributed by atoms with Gasteiger partial charge in [0.1, 0.15) is 0 Å². The van der Waals surface area contributed by atoms with Crippen LogP contribution in [0, 0.1) is 6.92 Å². The average Bonchev–Trinajstić information content (AvgIpc) is 3.21. The van der Waals surface area contributed by atoms with Crippen LogP contribution in [0.1, 0.15) is 34.5 Å². The van der Waals surface area contributed by atoms with Gasteiger partial charge in [-0.05, 0) is 31.9 Å². The number of carbonyl (C=O) groups excluding carboxylic acids is 1. The lowest BCUT2D eigenvalue weighted by Gasteiger charge is -2.31. The number of hydrogen-bond acceptors (Lipinski definition) is 5.